The minimum atomic E-state index is -3.52. The molecule has 1 fully saturated rings. The van der Waals surface area contributed by atoms with Gasteiger partial charge in [0.1, 0.15) is 5.82 Å². The van der Waals surface area contributed by atoms with Gasteiger partial charge >= 0.3 is 0 Å². The van der Waals surface area contributed by atoms with E-state index >= 15 is 0 Å². The predicted octanol–water partition coefficient (Wildman–Crippen LogP) is 3.04. The summed E-state index contributed by atoms with van der Waals surface area (Å²) in [4.78, 5) is 11.7. The van der Waals surface area contributed by atoms with Gasteiger partial charge in [-0.15, -0.1) is 0 Å². The first-order chi connectivity index (χ1) is 14.5. The summed E-state index contributed by atoms with van der Waals surface area (Å²) in [5.74, 6) is 1.49. The number of aryl methyl sites for hydroxylation is 3. The van der Waals surface area contributed by atoms with E-state index in [2.05, 4.69) is 24.9 Å². The van der Waals surface area contributed by atoms with Crippen LogP contribution in [0, 0.1) is 6.92 Å². The lowest BCUT2D eigenvalue weighted by molar-refractivity contribution is 0.573. The Kier molecular flexibility index (Phi) is 6.53. The molecule has 4 rings (SSSR count). The SMILES string of the molecule is Cc1cc(N2CCCCC2)nc(NCCNS(=O)(=O)c2ccc3c(c2)CCCC3)n1. The molecule has 7 nitrogen and oxygen atoms in total. The lowest BCUT2D eigenvalue weighted by Crippen LogP contribution is -2.31. The van der Waals surface area contributed by atoms with Gasteiger partial charge in [0.25, 0.3) is 0 Å². The van der Waals surface area contributed by atoms with Crippen LogP contribution in [-0.2, 0) is 22.9 Å². The summed E-state index contributed by atoms with van der Waals surface area (Å²) in [5.41, 5.74) is 3.35. The summed E-state index contributed by atoms with van der Waals surface area (Å²) in [6, 6.07) is 7.52. The smallest absolute Gasteiger partial charge is 0.240 e. The second-order valence-electron chi connectivity index (χ2n) is 8.20. The fourth-order valence-corrected chi connectivity index (χ4v) is 5.32. The monoisotopic (exact) mass is 429 g/mol. The maximum Gasteiger partial charge on any atom is 0.240 e. The molecular weight excluding hydrogens is 398 g/mol. The van der Waals surface area contributed by atoms with Crippen LogP contribution in [0.4, 0.5) is 11.8 Å². The fourth-order valence-electron chi connectivity index (χ4n) is 4.24. The molecule has 8 heteroatoms. The molecule has 1 aliphatic carbocycles. The van der Waals surface area contributed by atoms with Crippen molar-refractivity contribution in [2.45, 2.75) is 56.8 Å². The number of piperidine rings is 1. The van der Waals surface area contributed by atoms with Gasteiger partial charge in [-0.1, -0.05) is 6.07 Å². The van der Waals surface area contributed by atoms with E-state index in [1.165, 1.54) is 36.8 Å². The van der Waals surface area contributed by atoms with Crippen LogP contribution in [0.2, 0.25) is 0 Å². The molecule has 0 radical (unpaired) electrons. The third-order valence-corrected chi connectivity index (χ3v) is 7.31. The Balaban J connectivity index is 1.34. The van der Waals surface area contributed by atoms with Crippen LogP contribution in [-0.4, -0.2) is 44.6 Å². The summed E-state index contributed by atoms with van der Waals surface area (Å²) in [6.45, 7) is 4.70. The quantitative estimate of drug-likeness (QED) is 0.658. The van der Waals surface area contributed by atoms with Gasteiger partial charge < -0.3 is 10.2 Å². The molecule has 2 aliphatic rings. The van der Waals surface area contributed by atoms with Gasteiger partial charge in [-0.2, -0.15) is 4.98 Å². The van der Waals surface area contributed by atoms with Gasteiger partial charge in [0.2, 0.25) is 16.0 Å². The molecule has 2 heterocycles. The Labute approximate surface area is 179 Å². The first kappa shape index (κ1) is 21.1. The maximum atomic E-state index is 12.7. The Bertz CT molecular complexity index is 987. The van der Waals surface area contributed by atoms with Crippen molar-refractivity contribution in [3.05, 3.63) is 41.1 Å². The van der Waals surface area contributed by atoms with Crippen LogP contribution in [0.25, 0.3) is 0 Å². The lowest BCUT2D eigenvalue weighted by atomic mass is 9.92. The first-order valence-corrected chi connectivity index (χ1v) is 12.5. The zero-order valence-electron chi connectivity index (χ0n) is 17.7. The molecule has 162 valence electrons. The van der Waals surface area contributed by atoms with Crippen LogP contribution in [0.15, 0.2) is 29.2 Å². The standard InChI is InChI=1S/C22H31N5O2S/c1-17-15-21(27-13-5-2-6-14-27)26-22(25-17)23-11-12-24-30(28,29)20-10-9-18-7-3-4-8-19(18)16-20/h9-10,15-16,24H,2-8,11-14H2,1H3,(H,23,25,26). The minimum absolute atomic E-state index is 0.274. The highest BCUT2D eigenvalue weighted by atomic mass is 32.2. The molecular formula is C22H31N5O2S. The number of anilines is 2. The number of nitrogens with one attached hydrogen (secondary N) is 2. The summed E-state index contributed by atoms with van der Waals surface area (Å²) >= 11 is 0. The molecule has 1 saturated heterocycles. The van der Waals surface area contributed by atoms with E-state index in [0.29, 0.717) is 17.4 Å². The molecule has 1 aromatic heterocycles. The van der Waals surface area contributed by atoms with Crippen molar-refractivity contribution in [2.24, 2.45) is 0 Å². The summed E-state index contributed by atoms with van der Waals surface area (Å²) < 4.78 is 28.0. The molecule has 0 unspecified atom stereocenters. The van der Waals surface area contributed by atoms with Crippen LogP contribution in [0.1, 0.15) is 48.9 Å². The Morgan fingerprint density at radius 3 is 2.50 bits per heavy atom. The molecule has 0 amide bonds. The molecule has 0 spiro atoms. The van der Waals surface area contributed by atoms with Crippen molar-refractivity contribution in [3.63, 3.8) is 0 Å². The molecule has 30 heavy (non-hydrogen) atoms. The van der Waals surface area contributed by atoms with Crippen molar-refractivity contribution < 1.29 is 8.42 Å². The van der Waals surface area contributed by atoms with Gasteiger partial charge in [-0.05, 0) is 75.1 Å². The average molecular weight is 430 g/mol. The number of nitrogens with zero attached hydrogens (tertiary/aromatic N) is 3. The van der Waals surface area contributed by atoms with Crippen LogP contribution >= 0.6 is 0 Å². The van der Waals surface area contributed by atoms with Crippen molar-refractivity contribution in [1.29, 1.82) is 0 Å². The third-order valence-electron chi connectivity index (χ3n) is 5.85. The maximum absolute atomic E-state index is 12.7. The molecule has 0 bridgehead atoms. The van der Waals surface area contributed by atoms with Crippen LogP contribution in [0.5, 0.6) is 0 Å². The Morgan fingerprint density at radius 1 is 0.933 bits per heavy atom. The van der Waals surface area contributed by atoms with E-state index in [9.17, 15) is 8.42 Å². The first-order valence-electron chi connectivity index (χ1n) is 11.0. The molecule has 0 saturated carbocycles. The van der Waals surface area contributed by atoms with Crippen molar-refractivity contribution in [2.75, 3.05) is 36.4 Å². The highest BCUT2D eigenvalue weighted by Gasteiger charge is 2.18. The van der Waals surface area contributed by atoms with Gasteiger partial charge in [0, 0.05) is 37.9 Å². The van der Waals surface area contributed by atoms with Crippen molar-refractivity contribution in [1.82, 2.24) is 14.7 Å². The van der Waals surface area contributed by atoms with E-state index in [1.807, 2.05) is 25.1 Å². The number of aromatic nitrogens is 2. The van der Waals surface area contributed by atoms with E-state index < -0.39 is 10.0 Å². The zero-order valence-corrected chi connectivity index (χ0v) is 18.5. The molecule has 0 atom stereocenters. The number of sulfonamides is 1. The van der Waals surface area contributed by atoms with Crippen molar-refractivity contribution in [3.8, 4) is 0 Å². The van der Waals surface area contributed by atoms with Crippen molar-refractivity contribution >= 4 is 21.8 Å². The third kappa shape index (κ3) is 5.10. The fraction of sp³-hybridized carbons (Fsp3) is 0.545. The normalized spacial score (nSPS) is 16.9. The van der Waals surface area contributed by atoms with Gasteiger partial charge in [0.05, 0.1) is 4.90 Å². The number of benzene rings is 1. The predicted molar refractivity (Wildman–Crippen MR) is 120 cm³/mol. The Morgan fingerprint density at radius 2 is 1.70 bits per heavy atom. The number of fused-ring (bicyclic) bond motifs is 1. The van der Waals surface area contributed by atoms with Crippen LogP contribution < -0.4 is 14.9 Å². The average Bonchev–Trinajstić information content (AvgIpc) is 2.77. The molecule has 2 N–H and O–H groups in total. The number of hydrogen-bond donors (Lipinski definition) is 2. The second kappa shape index (κ2) is 9.31. The summed E-state index contributed by atoms with van der Waals surface area (Å²) in [6.07, 6.45) is 7.98. The molecule has 1 aromatic carbocycles. The number of rotatable bonds is 7. The summed E-state index contributed by atoms with van der Waals surface area (Å²) in [5, 5.41) is 3.16. The van der Waals surface area contributed by atoms with Gasteiger partial charge in [-0.25, -0.2) is 18.1 Å². The lowest BCUT2D eigenvalue weighted by Gasteiger charge is -2.28. The van der Waals surface area contributed by atoms with E-state index in [1.54, 1.807) is 6.07 Å². The highest BCUT2D eigenvalue weighted by molar-refractivity contribution is 7.89. The minimum Gasteiger partial charge on any atom is -0.356 e. The summed E-state index contributed by atoms with van der Waals surface area (Å²) in [7, 11) is -3.52. The molecule has 1 aliphatic heterocycles. The van der Waals surface area contributed by atoms with Gasteiger partial charge in [0.15, 0.2) is 0 Å². The zero-order chi connectivity index (χ0) is 21.0. The Hall–Kier alpha value is -2.19. The number of hydrogen-bond acceptors (Lipinski definition) is 6. The highest BCUT2D eigenvalue weighted by Crippen LogP contribution is 2.24. The van der Waals surface area contributed by atoms with Crippen LogP contribution in [0.3, 0.4) is 0 Å². The topological polar surface area (TPSA) is 87.2 Å². The second-order valence-corrected chi connectivity index (χ2v) is 9.97. The van der Waals surface area contributed by atoms with Gasteiger partial charge in [-0.3, -0.25) is 0 Å². The molecule has 2 aromatic rings. The van der Waals surface area contributed by atoms with E-state index in [4.69, 9.17) is 0 Å². The largest absolute Gasteiger partial charge is 0.356 e. The van der Waals surface area contributed by atoms with E-state index in [-0.39, 0.29) is 6.54 Å². The van der Waals surface area contributed by atoms with E-state index in [0.717, 1.165) is 43.9 Å².